The molecule has 1 aromatic heterocycles. The molecule has 3 rings (SSSR count). The fraction of sp³-hybridized carbons (Fsp3) is 0.286. The van der Waals surface area contributed by atoms with Crippen LogP contribution in [-0.4, -0.2) is 29.0 Å². The first-order chi connectivity index (χ1) is 13.5. The number of quaternary nitrogens is 1. The van der Waals surface area contributed by atoms with Crippen molar-refractivity contribution in [3.05, 3.63) is 70.5 Å². The molecule has 1 atom stereocenters. The number of fused-ring (bicyclic) bond motifs is 1. The number of H-pyrrole nitrogens is 1. The van der Waals surface area contributed by atoms with Gasteiger partial charge in [-0.2, -0.15) is 0 Å². The van der Waals surface area contributed by atoms with Gasteiger partial charge in [0, 0.05) is 5.69 Å². The van der Waals surface area contributed by atoms with Crippen LogP contribution in [0, 0.1) is 5.82 Å². The molecule has 0 aliphatic rings. The number of nitrogens with zero attached hydrogens (tertiary/aromatic N) is 1. The largest absolute Gasteiger partial charge is 0.321 e. The van der Waals surface area contributed by atoms with Gasteiger partial charge < -0.3 is 15.2 Å². The molecule has 0 bridgehead atoms. The highest BCUT2D eigenvalue weighted by atomic mass is 19.1. The molecule has 0 radical (unpaired) electrons. The maximum Gasteiger partial charge on any atom is 0.279 e. The number of carbonyl (C=O) groups is 1. The van der Waals surface area contributed by atoms with E-state index >= 15 is 0 Å². The monoisotopic (exact) mass is 383 g/mol. The summed E-state index contributed by atoms with van der Waals surface area (Å²) in [4.78, 5) is 33.1. The van der Waals surface area contributed by atoms with Gasteiger partial charge in [-0.3, -0.25) is 9.59 Å². The van der Waals surface area contributed by atoms with Crippen LogP contribution in [0.15, 0.2) is 53.3 Å². The van der Waals surface area contributed by atoms with Crippen LogP contribution in [0.2, 0.25) is 0 Å². The molecule has 3 N–H and O–H groups in total. The van der Waals surface area contributed by atoms with E-state index < -0.39 is 0 Å². The molecule has 7 heteroatoms. The zero-order valence-electron chi connectivity index (χ0n) is 15.8. The Morgan fingerprint density at radius 1 is 1.18 bits per heavy atom. The lowest BCUT2D eigenvalue weighted by Crippen LogP contribution is -3.12. The summed E-state index contributed by atoms with van der Waals surface area (Å²) in [5.74, 6) is 0.0461. The lowest BCUT2D eigenvalue weighted by atomic mass is 10.2. The molecule has 6 nitrogen and oxygen atoms in total. The molecule has 3 aromatic rings. The van der Waals surface area contributed by atoms with Gasteiger partial charge in [-0.25, -0.2) is 9.37 Å². The molecule has 1 heterocycles. The average Bonchev–Trinajstić information content (AvgIpc) is 2.68. The summed E-state index contributed by atoms with van der Waals surface area (Å²) in [7, 11) is 0. The van der Waals surface area contributed by atoms with Crippen LogP contribution < -0.4 is 15.8 Å². The van der Waals surface area contributed by atoms with Crippen molar-refractivity contribution >= 4 is 22.5 Å². The number of para-hydroxylation sites is 1. The first kappa shape index (κ1) is 19.7. The normalized spacial score (nSPS) is 12.1. The Labute approximate surface area is 162 Å². The Hall–Kier alpha value is -3.06. The van der Waals surface area contributed by atoms with Gasteiger partial charge >= 0.3 is 0 Å². The van der Waals surface area contributed by atoms with E-state index in [1.54, 1.807) is 18.2 Å². The second-order valence-electron chi connectivity index (χ2n) is 6.79. The molecule has 28 heavy (non-hydrogen) atoms. The van der Waals surface area contributed by atoms with Crippen molar-refractivity contribution in [2.45, 2.75) is 26.3 Å². The molecule has 0 fully saturated rings. The van der Waals surface area contributed by atoms with Gasteiger partial charge in [0.05, 0.1) is 17.4 Å². The predicted octanol–water partition coefficient (Wildman–Crippen LogP) is 1.89. The van der Waals surface area contributed by atoms with E-state index in [-0.39, 0.29) is 23.8 Å². The number of benzene rings is 2. The Kier molecular flexibility index (Phi) is 6.49. The number of carbonyl (C=O) groups excluding carboxylic acids is 1. The number of anilines is 1. The number of halogens is 1. The van der Waals surface area contributed by atoms with Crippen LogP contribution in [0.3, 0.4) is 0 Å². The molecule has 0 saturated carbocycles. The number of unbranched alkanes of at least 4 members (excludes halogenated alkanes) is 1. The van der Waals surface area contributed by atoms with Crippen LogP contribution >= 0.6 is 0 Å². The van der Waals surface area contributed by atoms with Gasteiger partial charge in [-0.1, -0.05) is 25.5 Å². The lowest BCUT2D eigenvalue weighted by Gasteiger charge is -2.18. The van der Waals surface area contributed by atoms with E-state index in [4.69, 9.17) is 0 Å². The maximum atomic E-state index is 13.0. The number of rotatable bonds is 8. The molecule has 146 valence electrons. The molecule has 0 aliphatic heterocycles. The molecule has 0 saturated heterocycles. The number of aromatic amines is 1. The molecule has 1 amide bonds. The van der Waals surface area contributed by atoms with E-state index in [1.807, 2.05) is 6.07 Å². The fourth-order valence-corrected chi connectivity index (χ4v) is 3.09. The highest BCUT2D eigenvalue weighted by molar-refractivity contribution is 5.91. The first-order valence-electron chi connectivity index (χ1n) is 9.42. The van der Waals surface area contributed by atoms with Crippen molar-refractivity contribution in [2.75, 3.05) is 18.4 Å². The third-order valence-electron chi connectivity index (χ3n) is 4.50. The number of aromatic nitrogens is 2. The van der Waals surface area contributed by atoms with E-state index in [0.717, 1.165) is 24.3 Å². The summed E-state index contributed by atoms with van der Waals surface area (Å²) in [6.07, 6.45) is 1.96. The van der Waals surface area contributed by atoms with E-state index in [1.165, 1.54) is 24.3 Å². The summed E-state index contributed by atoms with van der Waals surface area (Å²) in [5.41, 5.74) is 1.02. The minimum absolute atomic E-state index is 0.166. The highest BCUT2D eigenvalue weighted by Gasteiger charge is 2.17. The summed E-state index contributed by atoms with van der Waals surface area (Å²) >= 11 is 0. The standard InChI is InChI=1S/C21H23FN4O2/c1-2-3-12-26(14-20(27)23-16-10-8-15(22)9-11-16)13-19-24-18-7-5-4-6-17(18)21(28)25-19/h4-11H,2-3,12-14H2,1H3,(H,23,27)(H,24,25,28)/p+1. The minimum Gasteiger partial charge on any atom is -0.321 e. The summed E-state index contributed by atoms with van der Waals surface area (Å²) < 4.78 is 13.0. The number of amides is 1. The van der Waals surface area contributed by atoms with E-state index in [9.17, 15) is 14.0 Å². The van der Waals surface area contributed by atoms with E-state index in [2.05, 4.69) is 22.2 Å². The third kappa shape index (κ3) is 5.23. The molecular formula is C21H24FN4O2+. The third-order valence-corrected chi connectivity index (χ3v) is 4.50. The molecule has 0 aliphatic carbocycles. The number of hydrogen-bond donors (Lipinski definition) is 3. The van der Waals surface area contributed by atoms with Crippen LogP contribution in [0.4, 0.5) is 10.1 Å². The van der Waals surface area contributed by atoms with Gasteiger partial charge in [0.2, 0.25) is 0 Å². The van der Waals surface area contributed by atoms with Crippen molar-refractivity contribution in [3.63, 3.8) is 0 Å². The quantitative estimate of drug-likeness (QED) is 0.556. The van der Waals surface area contributed by atoms with Gasteiger partial charge in [-0.15, -0.1) is 0 Å². The van der Waals surface area contributed by atoms with Gasteiger partial charge in [0.1, 0.15) is 12.4 Å². The van der Waals surface area contributed by atoms with Crippen molar-refractivity contribution in [1.82, 2.24) is 9.97 Å². The second-order valence-corrected chi connectivity index (χ2v) is 6.79. The van der Waals surface area contributed by atoms with E-state index in [0.29, 0.717) is 29.0 Å². The number of nitrogens with one attached hydrogen (secondary N) is 3. The fourth-order valence-electron chi connectivity index (χ4n) is 3.09. The Morgan fingerprint density at radius 3 is 2.68 bits per heavy atom. The SMILES string of the molecule is CCCC[NH+](CC(=O)Nc1ccc(F)cc1)Cc1nc2ccccc2c(=O)[nH]1. The summed E-state index contributed by atoms with van der Waals surface area (Å²) in [5, 5.41) is 3.34. The van der Waals surface area contributed by atoms with Gasteiger partial charge in [0.25, 0.3) is 11.5 Å². The topological polar surface area (TPSA) is 79.3 Å². The smallest absolute Gasteiger partial charge is 0.279 e. The van der Waals surface area contributed by atoms with Crippen LogP contribution in [0.5, 0.6) is 0 Å². The zero-order valence-corrected chi connectivity index (χ0v) is 15.8. The maximum absolute atomic E-state index is 13.0. The lowest BCUT2D eigenvalue weighted by molar-refractivity contribution is -0.906. The Balaban J connectivity index is 1.72. The van der Waals surface area contributed by atoms with Gasteiger partial charge in [0.15, 0.2) is 12.4 Å². The Morgan fingerprint density at radius 2 is 1.93 bits per heavy atom. The average molecular weight is 383 g/mol. The van der Waals surface area contributed by atoms with Crippen molar-refractivity contribution in [2.24, 2.45) is 0 Å². The highest BCUT2D eigenvalue weighted by Crippen LogP contribution is 2.07. The zero-order chi connectivity index (χ0) is 19.9. The summed E-state index contributed by atoms with van der Waals surface area (Å²) in [6, 6.07) is 12.9. The minimum atomic E-state index is -0.348. The molecule has 0 spiro atoms. The first-order valence-corrected chi connectivity index (χ1v) is 9.42. The predicted molar refractivity (Wildman–Crippen MR) is 107 cm³/mol. The van der Waals surface area contributed by atoms with Crippen LogP contribution in [0.1, 0.15) is 25.6 Å². The van der Waals surface area contributed by atoms with Gasteiger partial charge in [-0.05, 0) is 42.8 Å². The Bertz CT molecular complexity index is 1000. The van der Waals surface area contributed by atoms with Crippen LogP contribution in [-0.2, 0) is 11.3 Å². The summed E-state index contributed by atoms with van der Waals surface area (Å²) in [6.45, 7) is 3.54. The van der Waals surface area contributed by atoms with Crippen molar-refractivity contribution in [3.8, 4) is 0 Å². The van der Waals surface area contributed by atoms with Crippen LogP contribution in [0.25, 0.3) is 10.9 Å². The van der Waals surface area contributed by atoms with Crippen molar-refractivity contribution < 1.29 is 14.1 Å². The van der Waals surface area contributed by atoms with Crippen molar-refractivity contribution in [1.29, 1.82) is 0 Å². The molecule has 2 aromatic carbocycles. The molecular weight excluding hydrogens is 359 g/mol. The second kappa shape index (κ2) is 9.23. The molecule has 1 unspecified atom stereocenters. The number of hydrogen-bond acceptors (Lipinski definition) is 3.